The Bertz CT molecular complexity index is 1330. The highest BCUT2D eigenvalue weighted by Gasteiger charge is 2.31. The molecule has 0 fully saturated rings. The number of fused-ring (bicyclic) bond motifs is 1. The Hall–Kier alpha value is -4.34. The molecule has 0 saturated carbocycles. The van der Waals surface area contributed by atoms with Crippen molar-refractivity contribution in [2.24, 2.45) is 5.73 Å². The van der Waals surface area contributed by atoms with Gasteiger partial charge in [-0.05, 0) is 47.9 Å². The molecule has 0 spiro atoms. The number of carbonyl (C=O) groups is 1. The van der Waals surface area contributed by atoms with Gasteiger partial charge < -0.3 is 20.5 Å². The first-order valence-electron chi connectivity index (χ1n) is 9.59. The van der Waals surface area contributed by atoms with E-state index in [1.165, 1.54) is 7.11 Å². The molecule has 0 aliphatic carbocycles. The van der Waals surface area contributed by atoms with Crippen molar-refractivity contribution in [3.8, 4) is 22.8 Å². The lowest BCUT2D eigenvalue weighted by atomic mass is 10.1. The van der Waals surface area contributed by atoms with Gasteiger partial charge in [0.2, 0.25) is 0 Å². The van der Waals surface area contributed by atoms with Crippen LogP contribution in [0, 0.1) is 0 Å². The van der Waals surface area contributed by atoms with E-state index in [1.807, 2.05) is 18.2 Å². The van der Waals surface area contributed by atoms with Crippen molar-refractivity contribution in [2.45, 2.75) is 6.36 Å². The van der Waals surface area contributed by atoms with Crippen molar-refractivity contribution in [3.05, 3.63) is 72.6 Å². The fraction of sp³-hybridized carbons (Fsp3) is 0.0870. The first-order chi connectivity index (χ1) is 15.7. The fourth-order valence-corrected chi connectivity index (χ4v) is 3.28. The number of aromatic nitrogens is 2. The topological polar surface area (TPSA) is 99.4 Å². The average Bonchev–Trinajstić information content (AvgIpc) is 2.78. The molecule has 4 rings (SSSR count). The highest BCUT2D eigenvalue weighted by atomic mass is 19.4. The van der Waals surface area contributed by atoms with E-state index in [-0.39, 0.29) is 17.1 Å². The Morgan fingerprint density at radius 2 is 1.85 bits per heavy atom. The van der Waals surface area contributed by atoms with E-state index in [2.05, 4.69) is 20.0 Å². The van der Waals surface area contributed by atoms with Crippen LogP contribution in [-0.4, -0.2) is 29.3 Å². The van der Waals surface area contributed by atoms with E-state index in [0.717, 1.165) is 29.1 Å². The molecule has 0 aliphatic rings. The minimum absolute atomic E-state index is 0.00389. The maximum absolute atomic E-state index is 12.7. The number of anilines is 2. The number of alkyl halides is 3. The van der Waals surface area contributed by atoms with Crippen molar-refractivity contribution in [1.29, 1.82) is 0 Å². The van der Waals surface area contributed by atoms with Crippen LogP contribution in [0.25, 0.3) is 22.0 Å². The largest absolute Gasteiger partial charge is 0.573 e. The molecule has 0 bridgehead atoms. The molecular weight excluding hydrogens is 437 g/mol. The molecule has 2 aromatic heterocycles. The van der Waals surface area contributed by atoms with E-state index in [0.29, 0.717) is 16.8 Å². The van der Waals surface area contributed by atoms with Gasteiger partial charge in [0.05, 0.1) is 24.1 Å². The number of pyridine rings is 2. The second-order valence-corrected chi connectivity index (χ2v) is 6.93. The summed E-state index contributed by atoms with van der Waals surface area (Å²) in [5.41, 5.74) is 6.69. The molecule has 33 heavy (non-hydrogen) atoms. The number of nitrogens with zero attached hydrogens (tertiary/aromatic N) is 2. The average molecular weight is 454 g/mol. The number of methoxy groups -OCH3 is 1. The molecule has 168 valence electrons. The fourth-order valence-electron chi connectivity index (χ4n) is 3.28. The molecule has 0 saturated heterocycles. The maximum atomic E-state index is 12.7. The standard InChI is InChI=1S/C23H17F3N4O3/c1-32-15-5-4-13-9-19(14-3-2-8-28-12-14)29-22(18(13)10-15)30-20-11-16(33-23(24,25)26)6-7-17(20)21(27)31/h2-12H,1H3,(H2,27,31)(H,29,30). The summed E-state index contributed by atoms with van der Waals surface area (Å²) in [6, 6.07) is 13.9. The van der Waals surface area contributed by atoms with E-state index >= 15 is 0 Å². The monoisotopic (exact) mass is 454 g/mol. The van der Waals surface area contributed by atoms with Gasteiger partial charge in [-0.1, -0.05) is 6.07 Å². The number of benzene rings is 2. The normalized spacial score (nSPS) is 11.3. The van der Waals surface area contributed by atoms with Crippen molar-refractivity contribution >= 4 is 28.2 Å². The van der Waals surface area contributed by atoms with Gasteiger partial charge in [0.1, 0.15) is 17.3 Å². The summed E-state index contributed by atoms with van der Waals surface area (Å²) in [5, 5.41) is 4.33. The van der Waals surface area contributed by atoms with Crippen LogP contribution >= 0.6 is 0 Å². The first kappa shape index (κ1) is 21.9. The summed E-state index contributed by atoms with van der Waals surface area (Å²) in [6.07, 6.45) is -1.64. The van der Waals surface area contributed by atoms with Crippen LogP contribution in [-0.2, 0) is 0 Å². The molecule has 0 radical (unpaired) electrons. The van der Waals surface area contributed by atoms with E-state index in [1.54, 1.807) is 30.6 Å². The molecule has 1 amide bonds. The van der Waals surface area contributed by atoms with Crippen LogP contribution in [0.1, 0.15) is 10.4 Å². The minimum atomic E-state index is -4.90. The van der Waals surface area contributed by atoms with Crippen LogP contribution in [0.5, 0.6) is 11.5 Å². The van der Waals surface area contributed by atoms with Gasteiger partial charge in [0.15, 0.2) is 0 Å². The van der Waals surface area contributed by atoms with E-state index < -0.39 is 18.0 Å². The Labute approximate surface area is 186 Å². The van der Waals surface area contributed by atoms with Crippen LogP contribution in [0.4, 0.5) is 24.7 Å². The van der Waals surface area contributed by atoms with Crippen LogP contribution in [0.2, 0.25) is 0 Å². The summed E-state index contributed by atoms with van der Waals surface area (Å²) >= 11 is 0. The number of amides is 1. The number of hydrogen-bond donors (Lipinski definition) is 2. The zero-order valence-electron chi connectivity index (χ0n) is 17.2. The summed E-state index contributed by atoms with van der Waals surface area (Å²) in [6.45, 7) is 0. The summed E-state index contributed by atoms with van der Waals surface area (Å²) in [4.78, 5) is 20.7. The van der Waals surface area contributed by atoms with Gasteiger partial charge in [-0.25, -0.2) is 4.98 Å². The maximum Gasteiger partial charge on any atom is 0.573 e. The van der Waals surface area contributed by atoms with E-state index in [9.17, 15) is 18.0 Å². The van der Waals surface area contributed by atoms with Gasteiger partial charge in [0, 0.05) is 29.4 Å². The minimum Gasteiger partial charge on any atom is -0.497 e. The predicted octanol–water partition coefficient (Wildman–Crippen LogP) is 5.05. The lowest BCUT2D eigenvalue weighted by Gasteiger charge is -2.16. The number of primary amides is 1. The molecule has 0 atom stereocenters. The Morgan fingerprint density at radius 3 is 2.52 bits per heavy atom. The van der Waals surface area contributed by atoms with Gasteiger partial charge in [0.25, 0.3) is 5.91 Å². The summed E-state index contributed by atoms with van der Waals surface area (Å²) < 4.78 is 47.5. The number of nitrogens with two attached hydrogens (primary N) is 1. The van der Waals surface area contributed by atoms with Gasteiger partial charge >= 0.3 is 6.36 Å². The van der Waals surface area contributed by atoms with Crippen LogP contribution < -0.4 is 20.5 Å². The lowest BCUT2D eigenvalue weighted by molar-refractivity contribution is -0.274. The molecule has 4 aromatic rings. The second kappa shape index (κ2) is 8.65. The van der Waals surface area contributed by atoms with Crippen molar-refractivity contribution in [1.82, 2.24) is 9.97 Å². The number of rotatable bonds is 6. The molecule has 10 heteroatoms. The van der Waals surface area contributed by atoms with Crippen LogP contribution in [0.3, 0.4) is 0 Å². The smallest absolute Gasteiger partial charge is 0.497 e. The molecule has 3 N–H and O–H groups in total. The third-order valence-corrected chi connectivity index (χ3v) is 4.74. The molecule has 0 unspecified atom stereocenters. The van der Waals surface area contributed by atoms with Crippen LogP contribution in [0.15, 0.2) is 67.0 Å². The number of hydrogen-bond acceptors (Lipinski definition) is 6. The third-order valence-electron chi connectivity index (χ3n) is 4.74. The Kier molecular flexibility index (Phi) is 5.74. The third kappa shape index (κ3) is 4.95. The summed E-state index contributed by atoms with van der Waals surface area (Å²) in [5.74, 6) is -0.524. The predicted molar refractivity (Wildman–Crippen MR) is 116 cm³/mol. The van der Waals surface area contributed by atoms with Crippen molar-refractivity contribution in [2.75, 3.05) is 12.4 Å². The SMILES string of the molecule is COc1ccc2cc(-c3cccnc3)nc(Nc3cc(OC(F)(F)F)ccc3C(N)=O)c2c1. The van der Waals surface area contributed by atoms with Crippen molar-refractivity contribution < 1.29 is 27.4 Å². The molecule has 2 heterocycles. The van der Waals surface area contributed by atoms with Gasteiger partial charge in [-0.2, -0.15) is 0 Å². The highest BCUT2D eigenvalue weighted by Crippen LogP contribution is 2.34. The molecule has 0 aliphatic heterocycles. The number of halogens is 3. The Morgan fingerprint density at radius 1 is 1.06 bits per heavy atom. The number of nitrogens with one attached hydrogen (secondary N) is 1. The molecule has 7 nitrogen and oxygen atoms in total. The summed E-state index contributed by atoms with van der Waals surface area (Å²) in [7, 11) is 1.51. The molecular formula is C23H17F3N4O3. The first-order valence-corrected chi connectivity index (χ1v) is 9.59. The number of ether oxygens (including phenoxy) is 2. The zero-order chi connectivity index (χ0) is 23.6. The molecule has 2 aromatic carbocycles. The van der Waals surface area contributed by atoms with E-state index in [4.69, 9.17) is 10.5 Å². The second-order valence-electron chi connectivity index (χ2n) is 6.93. The lowest BCUT2D eigenvalue weighted by Crippen LogP contribution is -2.18. The quantitative estimate of drug-likeness (QED) is 0.423. The Balaban J connectivity index is 1.88. The van der Waals surface area contributed by atoms with Gasteiger partial charge in [-0.15, -0.1) is 13.2 Å². The van der Waals surface area contributed by atoms with Crippen molar-refractivity contribution in [3.63, 3.8) is 0 Å². The number of carbonyl (C=O) groups excluding carboxylic acids is 1. The highest BCUT2D eigenvalue weighted by molar-refractivity contribution is 6.02. The van der Waals surface area contributed by atoms with Gasteiger partial charge in [-0.3, -0.25) is 9.78 Å². The zero-order valence-corrected chi connectivity index (χ0v) is 17.2.